The largest absolute Gasteiger partial charge is 0.447 e. The minimum atomic E-state index is -0.448. The molecule has 20 heavy (non-hydrogen) atoms. The molecule has 112 valence electrons. The number of nitrogens with zero attached hydrogens (tertiary/aromatic N) is 2. The predicted octanol–water partition coefficient (Wildman–Crippen LogP) is 2.25. The lowest BCUT2D eigenvalue weighted by atomic mass is 9.94. The first-order valence-corrected chi connectivity index (χ1v) is 7.01. The molecule has 0 saturated carbocycles. The van der Waals surface area contributed by atoms with Crippen molar-refractivity contribution in [1.82, 2.24) is 9.88 Å². The first-order chi connectivity index (χ1) is 9.39. The highest BCUT2D eigenvalue weighted by Crippen LogP contribution is 2.28. The lowest BCUT2D eigenvalue weighted by molar-refractivity contribution is 0.0204. The van der Waals surface area contributed by atoms with E-state index >= 15 is 0 Å². The van der Waals surface area contributed by atoms with E-state index in [1.165, 1.54) is 0 Å². The molecule has 0 aliphatic carbocycles. The summed E-state index contributed by atoms with van der Waals surface area (Å²) in [7, 11) is 0. The molecule has 0 atom stereocenters. The molecule has 6 nitrogen and oxygen atoms in total. The van der Waals surface area contributed by atoms with Gasteiger partial charge in [0, 0.05) is 19.0 Å². The molecule has 1 aliphatic rings. The van der Waals surface area contributed by atoms with E-state index < -0.39 is 5.60 Å². The quantitative estimate of drug-likeness (QED) is 0.899. The second kappa shape index (κ2) is 5.83. The van der Waals surface area contributed by atoms with Crippen LogP contribution in [0.25, 0.3) is 0 Å². The van der Waals surface area contributed by atoms with Crippen LogP contribution in [0.15, 0.2) is 10.7 Å². The van der Waals surface area contributed by atoms with E-state index in [0.717, 1.165) is 18.5 Å². The average Bonchev–Trinajstić information content (AvgIpc) is 2.85. The Bertz CT molecular complexity index is 456. The minimum absolute atomic E-state index is 0.237. The monoisotopic (exact) mass is 281 g/mol. The third-order valence-electron chi connectivity index (χ3n) is 3.31. The Kier molecular flexibility index (Phi) is 4.32. The number of hydrogen-bond acceptors (Lipinski definition) is 5. The van der Waals surface area contributed by atoms with Gasteiger partial charge in [0.25, 0.3) is 0 Å². The van der Waals surface area contributed by atoms with E-state index in [0.29, 0.717) is 31.4 Å². The van der Waals surface area contributed by atoms with E-state index in [-0.39, 0.29) is 6.09 Å². The second-order valence-corrected chi connectivity index (χ2v) is 6.11. The van der Waals surface area contributed by atoms with Gasteiger partial charge in [-0.05, 0) is 33.6 Å². The molecule has 1 aromatic rings. The van der Waals surface area contributed by atoms with Crippen LogP contribution in [0.5, 0.6) is 0 Å². The topological polar surface area (TPSA) is 81.6 Å². The van der Waals surface area contributed by atoms with Gasteiger partial charge in [0.1, 0.15) is 11.9 Å². The zero-order valence-corrected chi connectivity index (χ0v) is 12.4. The molecule has 2 N–H and O–H groups in total. The zero-order chi connectivity index (χ0) is 14.8. The lowest BCUT2D eigenvalue weighted by Crippen LogP contribution is -2.41. The SMILES string of the molecule is CC(C)(C)OC(=O)N1CCC(c2coc(CN)n2)CC1. The van der Waals surface area contributed by atoms with Crippen molar-refractivity contribution in [3.05, 3.63) is 17.8 Å². The van der Waals surface area contributed by atoms with Gasteiger partial charge in [0.2, 0.25) is 5.89 Å². The van der Waals surface area contributed by atoms with Gasteiger partial charge in [-0.3, -0.25) is 0 Å². The number of piperidine rings is 1. The summed E-state index contributed by atoms with van der Waals surface area (Å²) in [5.74, 6) is 0.896. The van der Waals surface area contributed by atoms with Crippen molar-refractivity contribution in [2.75, 3.05) is 13.1 Å². The van der Waals surface area contributed by atoms with Crippen molar-refractivity contribution in [3.8, 4) is 0 Å². The number of likely N-dealkylation sites (tertiary alicyclic amines) is 1. The van der Waals surface area contributed by atoms with E-state index in [9.17, 15) is 4.79 Å². The molecule has 0 bridgehead atoms. The molecule has 6 heteroatoms. The molecule has 1 aliphatic heterocycles. The third kappa shape index (κ3) is 3.72. The van der Waals surface area contributed by atoms with Gasteiger partial charge in [-0.25, -0.2) is 9.78 Å². The highest BCUT2D eigenvalue weighted by Gasteiger charge is 2.28. The molecule has 0 unspecified atom stereocenters. The maximum atomic E-state index is 12.0. The van der Waals surface area contributed by atoms with Crippen LogP contribution in [0.4, 0.5) is 4.79 Å². The van der Waals surface area contributed by atoms with Crippen LogP contribution in [-0.2, 0) is 11.3 Å². The van der Waals surface area contributed by atoms with Gasteiger partial charge in [-0.1, -0.05) is 0 Å². The van der Waals surface area contributed by atoms with Crippen LogP contribution >= 0.6 is 0 Å². The summed E-state index contributed by atoms with van der Waals surface area (Å²) in [5, 5.41) is 0. The van der Waals surface area contributed by atoms with Gasteiger partial charge in [-0.2, -0.15) is 0 Å². The number of amides is 1. The van der Waals surface area contributed by atoms with Crippen molar-refractivity contribution < 1.29 is 13.9 Å². The fraction of sp³-hybridized carbons (Fsp3) is 0.714. The number of carbonyl (C=O) groups excluding carboxylic acids is 1. The molecule has 0 spiro atoms. The summed E-state index contributed by atoms with van der Waals surface area (Å²) in [4.78, 5) is 18.1. The summed E-state index contributed by atoms with van der Waals surface area (Å²) in [6.07, 6.45) is 3.18. The number of ether oxygens (including phenoxy) is 1. The molecule has 1 fully saturated rings. The first-order valence-electron chi connectivity index (χ1n) is 7.01. The highest BCUT2D eigenvalue weighted by molar-refractivity contribution is 5.68. The molecular formula is C14H23N3O3. The Morgan fingerprint density at radius 2 is 2.15 bits per heavy atom. The van der Waals surface area contributed by atoms with E-state index in [2.05, 4.69) is 4.98 Å². The van der Waals surface area contributed by atoms with Gasteiger partial charge in [0.15, 0.2) is 0 Å². The molecule has 1 aromatic heterocycles. The van der Waals surface area contributed by atoms with Crippen molar-refractivity contribution in [2.24, 2.45) is 5.73 Å². The third-order valence-corrected chi connectivity index (χ3v) is 3.31. The second-order valence-electron chi connectivity index (χ2n) is 6.11. The maximum Gasteiger partial charge on any atom is 0.410 e. The highest BCUT2D eigenvalue weighted by atomic mass is 16.6. The normalized spacial score (nSPS) is 17.3. The first kappa shape index (κ1) is 14.8. The summed E-state index contributed by atoms with van der Waals surface area (Å²) in [5.41, 5.74) is 5.98. The molecule has 0 radical (unpaired) electrons. The predicted molar refractivity (Wildman–Crippen MR) is 74.2 cm³/mol. The van der Waals surface area contributed by atoms with Crippen molar-refractivity contribution in [1.29, 1.82) is 0 Å². The summed E-state index contributed by atoms with van der Waals surface area (Å²) in [6, 6.07) is 0. The van der Waals surface area contributed by atoms with E-state index in [1.807, 2.05) is 20.8 Å². The number of carbonyl (C=O) groups is 1. The Morgan fingerprint density at radius 1 is 1.50 bits per heavy atom. The van der Waals surface area contributed by atoms with Crippen molar-refractivity contribution in [2.45, 2.75) is 51.7 Å². The molecule has 1 amide bonds. The Balaban J connectivity index is 1.87. The van der Waals surface area contributed by atoms with Crippen molar-refractivity contribution >= 4 is 6.09 Å². The number of rotatable bonds is 2. The van der Waals surface area contributed by atoms with Crippen LogP contribution in [0.1, 0.15) is 51.1 Å². The molecule has 2 heterocycles. The zero-order valence-electron chi connectivity index (χ0n) is 12.4. The molecule has 1 saturated heterocycles. The van der Waals surface area contributed by atoms with Gasteiger partial charge in [-0.15, -0.1) is 0 Å². The maximum absolute atomic E-state index is 12.0. The lowest BCUT2D eigenvalue weighted by Gasteiger charge is -2.32. The number of hydrogen-bond donors (Lipinski definition) is 1. The van der Waals surface area contributed by atoms with E-state index in [4.69, 9.17) is 14.9 Å². The number of aromatic nitrogens is 1. The Hall–Kier alpha value is -1.56. The summed E-state index contributed by atoms with van der Waals surface area (Å²) < 4.78 is 10.6. The van der Waals surface area contributed by atoms with Gasteiger partial charge < -0.3 is 19.8 Å². The Morgan fingerprint density at radius 3 is 2.65 bits per heavy atom. The van der Waals surface area contributed by atoms with Crippen LogP contribution in [0.2, 0.25) is 0 Å². The Labute approximate surface area is 119 Å². The summed E-state index contributed by atoms with van der Waals surface area (Å²) in [6.45, 7) is 7.32. The van der Waals surface area contributed by atoms with Crippen LogP contribution in [0, 0.1) is 0 Å². The van der Waals surface area contributed by atoms with Gasteiger partial charge in [0.05, 0.1) is 12.2 Å². The smallest absolute Gasteiger partial charge is 0.410 e. The summed E-state index contributed by atoms with van der Waals surface area (Å²) >= 11 is 0. The minimum Gasteiger partial charge on any atom is -0.447 e. The fourth-order valence-electron chi connectivity index (χ4n) is 2.29. The number of nitrogens with two attached hydrogens (primary N) is 1. The molecule has 2 rings (SSSR count). The average molecular weight is 281 g/mol. The standard InChI is InChI=1S/C14H23N3O3/c1-14(2,3)20-13(18)17-6-4-10(5-7-17)11-9-19-12(8-15)16-11/h9-10H,4-8,15H2,1-3H3. The van der Waals surface area contributed by atoms with Crippen LogP contribution in [-0.4, -0.2) is 34.7 Å². The van der Waals surface area contributed by atoms with Crippen LogP contribution < -0.4 is 5.73 Å². The van der Waals surface area contributed by atoms with Gasteiger partial charge >= 0.3 is 6.09 Å². The van der Waals surface area contributed by atoms with E-state index in [1.54, 1.807) is 11.2 Å². The molecular weight excluding hydrogens is 258 g/mol. The fourth-order valence-corrected chi connectivity index (χ4v) is 2.29. The van der Waals surface area contributed by atoms with Crippen LogP contribution in [0.3, 0.4) is 0 Å². The number of oxazole rings is 1. The molecule has 0 aromatic carbocycles. The van der Waals surface area contributed by atoms with Crippen molar-refractivity contribution in [3.63, 3.8) is 0 Å².